The highest BCUT2D eigenvalue weighted by molar-refractivity contribution is 7.94. The zero-order valence-corrected chi connectivity index (χ0v) is 15.4. The molecule has 0 N–H and O–H groups in total. The van der Waals surface area contributed by atoms with E-state index in [0.717, 1.165) is 0 Å². The van der Waals surface area contributed by atoms with E-state index in [1.165, 1.54) is 10.6 Å². The monoisotopic (exact) mass is 368 g/mol. The first-order valence-corrected chi connectivity index (χ1v) is 10.2. The molecule has 1 aromatic carbocycles. The maximum absolute atomic E-state index is 12.8. The van der Waals surface area contributed by atoms with Crippen LogP contribution in [0.5, 0.6) is 5.75 Å². The molecule has 1 spiro atoms. The molecule has 2 fully saturated rings. The average molecular weight is 368 g/mol. The molecular formula is C17H24N2O5S. The number of hydrogen-bond donors (Lipinski definition) is 0. The van der Waals surface area contributed by atoms with Gasteiger partial charge in [-0.3, -0.25) is 4.79 Å². The van der Waals surface area contributed by atoms with E-state index >= 15 is 0 Å². The smallest absolute Gasteiger partial charge is 0.254 e. The summed E-state index contributed by atoms with van der Waals surface area (Å²) in [7, 11) is -1.59. The van der Waals surface area contributed by atoms with Crippen LogP contribution in [0.2, 0.25) is 0 Å². The van der Waals surface area contributed by atoms with Gasteiger partial charge in [0.15, 0.2) is 0 Å². The SMILES string of the molecule is COc1ccc(C(=O)N2CCOC3(CCN([S+](C)(=O)[O-])CC3)C2)cc1. The Hall–Kier alpha value is -1.48. The van der Waals surface area contributed by atoms with Gasteiger partial charge in [0.25, 0.3) is 5.91 Å². The van der Waals surface area contributed by atoms with E-state index in [4.69, 9.17) is 9.47 Å². The fourth-order valence-electron chi connectivity index (χ4n) is 3.46. The number of morpholine rings is 1. The number of amides is 1. The third kappa shape index (κ3) is 4.03. The Labute approximate surface area is 149 Å². The molecule has 2 saturated heterocycles. The van der Waals surface area contributed by atoms with Crippen LogP contribution in [-0.2, 0) is 19.3 Å². The Morgan fingerprint density at radius 2 is 1.88 bits per heavy atom. The van der Waals surface area contributed by atoms with Crippen molar-refractivity contribution in [2.75, 3.05) is 46.2 Å². The molecule has 1 aromatic rings. The fourth-order valence-corrected chi connectivity index (χ4v) is 4.31. The van der Waals surface area contributed by atoms with Gasteiger partial charge < -0.3 is 18.9 Å². The molecular weight excluding hydrogens is 344 g/mol. The molecule has 2 heterocycles. The Morgan fingerprint density at radius 3 is 2.44 bits per heavy atom. The van der Waals surface area contributed by atoms with Crippen molar-refractivity contribution in [3.05, 3.63) is 29.8 Å². The fraction of sp³-hybridized carbons (Fsp3) is 0.588. The van der Waals surface area contributed by atoms with Crippen LogP contribution in [0.15, 0.2) is 24.3 Å². The first-order chi connectivity index (χ1) is 11.8. The van der Waals surface area contributed by atoms with Crippen molar-refractivity contribution >= 4 is 16.3 Å². The second-order valence-electron chi connectivity index (χ2n) is 6.65. The zero-order chi connectivity index (χ0) is 18.1. The van der Waals surface area contributed by atoms with Crippen LogP contribution < -0.4 is 4.74 Å². The normalized spacial score (nSPS) is 23.2. The van der Waals surface area contributed by atoms with E-state index in [1.54, 1.807) is 36.3 Å². The van der Waals surface area contributed by atoms with Gasteiger partial charge in [0.2, 0.25) is 0 Å². The minimum Gasteiger partial charge on any atom is -0.598 e. The van der Waals surface area contributed by atoms with Crippen molar-refractivity contribution in [2.24, 2.45) is 0 Å². The van der Waals surface area contributed by atoms with Gasteiger partial charge in [-0.05, 0) is 37.1 Å². The summed E-state index contributed by atoms with van der Waals surface area (Å²) in [6.07, 6.45) is 2.44. The number of benzene rings is 1. The van der Waals surface area contributed by atoms with Crippen molar-refractivity contribution in [1.29, 1.82) is 0 Å². The van der Waals surface area contributed by atoms with Crippen LogP contribution in [0.3, 0.4) is 0 Å². The Bertz CT molecular complexity index is 664. The summed E-state index contributed by atoms with van der Waals surface area (Å²) in [6, 6.07) is 7.06. The van der Waals surface area contributed by atoms with E-state index in [-0.39, 0.29) is 5.91 Å². The lowest BCUT2D eigenvalue weighted by molar-refractivity contribution is -0.121. The maximum Gasteiger partial charge on any atom is 0.254 e. The van der Waals surface area contributed by atoms with Crippen LogP contribution in [0, 0.1) is 0 Å². The average Bonchev–Trinajstić information content (AvgIpc) is 2.61. The number of piperidine rings is 1. The molecule has 1 atom stereocenters. The van der Waals surface area contributed by atoms with E-state index < -0.39 is 16.0 Å². The molecule has 0 saturated carbocycles. The second kappa shape index (κ2) is 7.03. The second-order valence-corrected chi connectivity index (χ2v) is 8.63. The molecule has 0 bridgehead atoms. The number of methoxy groups -OCH3 is 1. The Kier molecular flexibility index (Phi) is 5.15. The van der Waals surface area contributed by atoms with E-state index in [9.17, 15) is 13.6 Å². The molecule has 138 valence electrons. The topological polar surface area (TPSA) is 82.1 Å². The van der Waals surface area contributed by atoms with Gasteiger partial charge in [0.05, 0.1) is 25.9 Å². The molecule has 8 heteroatoms. The lowest BCUT2D eigenvalue weighted by Crippen LogP contribution is -2.59. The lowest BCUT2D eigenvalue weighted by Gasteiger charge is -2.46. The van der Waals surface area contributed by atoms with E-state index in [2.05, 4.69) is 0 Å². The Balaban J connectivity index is 1.67. The first kappa shape index (κ1) is 18.3. The molecule has 2 aliphatic heterocycles. The number of carbonyl (C=O) groups excluding carboxylic acids is 1. The van der Waals surface area contributed by atoms with Gasteiger partial charge in [-0.1, -0.05) is 4.21 Å². The van der Waals surface area contributed by atoms with Crippen LogP contribution >= 0.6 is 0 Å². The predicted octanol–water partition coefficient (Wildman–Crippen LogP) is 1.18. The van der Waals surface area contributed by atoms with Gasteiger partial charge >= 0.3 is 0 Å². The van der Waals surface area contributed by atoms with Crippen molar-refractivity contribution in [1.82, 2.24) is 9.21 Å². The van der Waals surface area contributed by atoms with Crippen LogP contribution in [-0.4, -0.2) is 71.4 Å². The number of rotatable bonds is 3. The van der Waals surface area contributed by atoms with Crippen molar-refractivity contribution in [3.63, 3.8) is 0 Å². The highest BCUT2D eigenvalue weighted by atomic mass is 32.3. The summed E-state index contributed by atoms with van der Waals surface area (Å²) in [6.45, 7) is 2.38. The van der Waals surface area contributed by atoms with Crippen LogP contribution in [0.25, 0.3) is 0 Å². The highest BCUT2D eigenvalue weighted by Gasteiger charge is 2.43. The summed E-state index contributed by atoms with van der Waals surface area (Å²) in [4.78, 5) is 14.6. The molecule has 0 aliphatic carbocycles. The van der Waals surface area contributed by atoms with Crippen LogP contribution in [0.4, 0.5) is 0 Å². The molecule has 0 aromatic heterocycles. The van der Waals surface area contributed by atoms with Crippen molar-refractivity contribution < 1.29 is 23.0 Å². The van der Waals surface area contributed by atoms with Crippen molar-refractivity contribution in [3.8, 4) is 5.75 Å². The summed E-state index contributed by atoms with van der Waals surface area (Å²) in [5, 5.41) is 0. The van der Waals surface area contributed by atoms with Gasteiger partial charge in [0, 0.05) is 25.2 Å². The molecule has 1 amide bonds. The molecule has 25 heavy (non-hydrogen) atoms. The third-order valence-electron chi connectivity index (χ3n) is 4.98. The molecule has 2 aliphatic rings. The third-order valence-corrected chi connectivity index (χ3v) is 6.28. The number of nitrogens with zero attached hydrogens (tertiary/aromatic N) is 2. The summed E-state index contributed by atoms with van der Waals surface area (Å²) in [5.74, 6) is 0.680. The highest BCUT2D eigenvalue weighted by Crippen LogP contribution is 2.32. The maximum atomic E-state index is 12.8. The zero-order valence-electron chi connectivity index (χ0n) is 14.6. The van der Waals surface area contributed by atoms with Crippen molar-refractivity contribution in [2.45, 2.75) is 18.4 Å². The number of sulfonamides is 1. The van der Waals surface area contributed by atoms with E-state index in [1.807, 2.05) is 0 Å². The number of ether oxygens (including phenoxy) is 2. The first-order valence-electron chi connectivity index (χ1n) is 8.35. The van der Waals surface area contributed by atoms with E-state index in [0.29, 0.717) is 56.9 Å². The Morgan fingerprint density at radius 1 is 1.24 bits per heavy atom. The minimum absolute atomic E-state index is 0.0316. The molecule has 1 unspecified atom stereocenters. The number of carbonyl (C=O) groups is 1. The lowest BCUT2D eigenvalue weighted by atomic mass is 9.90. The summed E-state index contributed by atoms with van der Waals surface area (Å²) >= 11 is 0. The standard InChI is InChI=1S/C17H24N2O5S/c1-23-15-5-3-14(4-6-15)16(20)18-11-12-24-17(13-18)7-9-19(10-8-17)25(2,21)22/h3-6H,7-13H2,1-2H3. The predicted molar refractivity (Wildman–Crippen MR) is 93.1 cm³/mol. The molecule has 7 nitrogen and oxygen atoms in total. The summed E-state index contributed by atoms with van der Waals surface area (Å²) < 4.78 is 35.9. The van der Waals surface area contributed by atoms with Gasteiger partial charge in [0.1, 0.15) is 22.4 Å². The van der Waals surface area contributed by atoms with Gasteiger partial charge in [-0.2, -0.15) is 0 Å². The minimum atomic E-state index is -3.18. The largest absolute Gasteiger partial charge is 0.598 e. The van der Waals surface area contributed by atoms with Gasteiger partial charge in [-0.15, -0.1) is 4.31 Å². The van der Waals surface area contributed by atoms with Gasteiger partial charge in [-0.25, -0.2) is 0 Å². The quantitative estimate of drug-likeness (QED) is 0.748. The molecule has 0 radical (unpaired) electrons. The summed E-state index contributed by atoms with van der Waals surface area (Å²) in [5.41, 5.74) is 0.174. The number of hydrogen-bond acceptors (Lipinski definition) is 5. The van der Waals surface area contributed by atoms with Crippen LogP contribution in [0.1, 0.15) is 23.2 Å². The molecule has 3 rings (SSSR count).